The molecule has 0 aromatic carbocycles. The normalized spacial score (nSPS) is 20.5. The molecule has 0 aliphatic carbocycles. The smallest absolute Gasteiger partial charge is 0.410 e. The van der Waals surface area contributed by atoms with Gasteiger partial charge in [0.1, 0.15) is 5.60 Å². The van der Waals surface area contributed by atoms with Gasteiger partial charge in [-0.1, -0.05) is 0 Å². The molecule has 1 fully saturated rings. The lowest BCUT2D eigenvalue weighted by atomic mass is 9.92. The summed E-state index contributed by atoms with van der Waals surface area (Å²) in [5, 5.41) is 2.79. The number of carbonyl (C=O) groups is 2. The van der Waals surface area contributed by atoms with Crippen molar-refractivity contribution in [2.75, 3.05) is 19.6 Å². The molecule has 2 amide bonds. The third-order valence-electron chi connectivity index (χ3n) is 2.52. The van der Waals surface area contributed by atoms with E-state index in [-0.39, 0.29) is 12.0 Å². The molecular formula is C12H22N2O3. The summed E-state index contributed by atoms with van der Waals surface area (Å²) in [5.74, 6) is -0.0245. The Morgan fingerprint density at radius 3 is 2.53 bits per heavy atom. The molecule has 1 aliphatic heterocycles. The van der Waals surface area contributed by atoms with Crippen molar-refractivity contribution in [2.45, 2.75) is 40.2 Å². The van der Waals surface area contributed by atoms with Gasteiger partial charge in [0.25, 0.3) is 0 Å². The van der Waals surface area contributed by atoms with E-state index in [0.29, 0.717) is 19.6 Å². The fourth-order valence-electron chi connectivity index (χ4n) is 1.65. The molecule has 17 heavy (non-hydrogen) atoms. The first-order chi connectivity index (χ1) is 7.62. The maximum atomic E-state index is 11.9. The molecule has 1 saturated heterocycles. The Balaban J connectivity index is 2.72. The van der Waals surface area contributed by atoms with Crippen LogP contribution in [-0.4, -0.2) is 42.1 Å². The minimum atomic E-state index is -0.576. The van der Waals surface area contributed by atoms with Crippen molar-refractivity contribution in [3.05, 3.63) is 0 Å². The van der Waals surface area contributed by atoms with Crippen LogP contribution in [0.2, 0.25) is 0 Å². The van der Waals surface area contributed by atoms with Crippen LogP contribution in [-0.2, 0) is 9.53 Å². The van der Waals surface area contributed by atoms with Crippen molar-refractivity contribution >= 4 is 12.0 Å². The Morgan fingerprint density at radius 2 is 2.00 bits per heavy atom. The van der Waals surface area contributed by atoms with E-state index in [2.05, 4.69) is 5.32 Å². The maximum Gasteiger partial charge on any atom is 0.410 e. The van der Waals surface area contributed by atoms with Gasteiger partial charge in [0.05, 0.1) is 5.41 Å². The van der Waals surface area contributed by atoms with E-state index in [1.807, 2.05) is 34.6 Å². The minimum Gasteiger partial charge on any atom is -0.444 e. The van der Waals surface area contributed by atoms with Crippen molar-refractivity contribution in [2.24, 2.45) is 5.41 Å². The average molecular weight is 242 g/mol. The summed E-state index contributed by atoms with van der Waals surface area (Å²) in [4.78, 5) is 25.2. The third-order valence-corrected chi connectivity index (χ3v) is 2.52. The first-order valence-corrected chi connectivity index (χ1v) is 5.88. The zero-order valence-electron chi connectivity index (χ0n) is 11.3. The van der Waals surface area contributed by atoms with E-state index in [1.54, 1.807) is 4.90 Å². The van der Waals surface area contributed by atoms with Gasteiger partial charge in [-0.2, -0.15) is 0 Å². The van der Waals surface area contributed by atoms with Crippen LogP contribution in [0.25, 0.3) is 0 Å². The van der Waals surface area contributed by atoms with Crippen molar-refractivity contribution < 1.29 is 14.3 Å². The second-order valence-electron chi connectivity index (χ2n) is 6.04. The fourth-order valence-corrected chi connectivity index (χ4v) is 1.65. The number of nitrogens with one attached hydrogen (secondary N) is 1. The first-order valence-electron chi connectivity index (χ1n) is 5.88. The minimum absolute atomic E-state index is 0.0245. The van der Waals surface area contributed by atoms with E-state index >= 15 is 0 Å². The monoisotopic (exact) mass is 242 g/mol. The summed E-state index contributed by atoms with van der Waals surface area (Å²) in [6, 6.07) is 0. The van der Waals surface area contributed by atoms with Gasteiger partial charge >= 0.3 is 6.09 Å². The Morgan fingerprint density at radius 1 is 1.41 bits per heavy atom. The molecule has 0 aromatic rings. The number of carbonyl (C=O) groups excluding carboxylic acids is 2. The summed E-state index contributed by atoms with van der Waals surface area (Å²) in [6.07, 6.45) is -0.359. The lowest BCUT2D eigenvalue weighted by Crippen LogP contribution is -2.43. The third kappa shape index (κ3) is 3.91. The molecular weight excluding hydrogens is 220 g/mol. The number of hydrogen-bond acceptors (Lipinski definition) is 3. The largest absolute Gasteiger partial charge is 0.444 e. The van der Waals surface area contributed by atoms with Crippen LogP contribution in [0.5, 0.6) is 0 Å². The predicted molar refractivity (Wildman–Crippen MR) is 64.6 cm³/mol. The highest BCUT2D eigenvalue weighted by Gasteiger charge is 2.35. The quantitative estimate of drug-likeness (QED) is 0.698. The van der Waals surface area contributed by atoms with Crippen molar-refractivity contribution in [3.63, 3.8) is 0 Å². The van der Waals surface area contributed by atoms with Crippen LogP contribution < -0.4 is 5.32 Å². The molecule has 0 spiro atoms. The summed E-state index contributed by atoms with van der Waals surface area (Å²) in [7, 11) is 0. The van der Waals surface area contributed by atoms with Crippen LogP contribution in [0, 0.1) is 5.41 Å². The van der Waals surface area contributed by atoms with Crippen LogP contribution >= 0.6 is 0 Å². The standard InChI is InChI=1S/C12H22N2O3/c1-11(2,3)17-10(16)14-7-6-13-9(15)12(4,5)8-14/h6-8H2,1-5H3,(H,13,15). The zero-order chi connectivity index (χ0) is 13.3. The lowest BCUT2D eigenvalue weighted by Gasteiger charge is -2.30. The summed E-state index contributed by atoms with van der Waals surface area (Å²) < 4.78 is 5.31. The molecule has 0 unspecified atom stereocenters. The highest BCUT2D eigenvalue weighted by molar-refractivity contribution is 5.83. The summed E-state index contributed by atoms with van der Waals surface area (Å²) >= 11 is 0. The maximum absolute atomic E-state index is 11.9. The van der Waals surface area contributed by atoms with Crippen LogP contribution in [0.3, 0.4) is 0 Å². The molecule has 0 aromatic heterocycles. The van der Waals surface area contributed by atoms with Gasteiger partial charge in [-0.3, -0.25) is 4.79 Å². The van der Waals surface area contributed by atoms with Crippen LogP contribution in [0.4, 0.5) is 4.79 Å². The molecule has 1 aliphatic rings. The average Bonchev–Trinajstić information content (AvgIpc) is 2.24. The molecule has 1 rings (SSSR count). The molecule has 0 saturated carbocycles. The van der Waals surface area contributed by atoms with E-state index in [9.17, 15) is 9.59 Å². The molecule has 5 nitrogen and oxygen atoms in total. The predicted octanol–water partition coefficient (Wildman–Crippen LogP) is 1.38. The summed E-state index contributed by atoms with van der Waals surface area (Å²) in [5.41, 5.74) is -1.08. The van der Waals surface area contributed by atoms with Crippen molar-refractivity contribution in [1.29, 1.82) is 0 Å². The Bertz CT molecular complexity index is 318. The van der Waals surface area contributed by atoms with E-state index in [4.69, 9.17) is 4.74 Å². The number of amides is 2. The Hall–Kier alpha value is -1.26. The number of ether oxygens (including phenoxy) is 1. The van der Waals surface area contributed by atoms with E-state index in [1.165, 1.54) is 0 Å². The number of rotatable bonds is 0. The van der Waals surface area contributed by atoms with Crippen molar-refractivity contribution in [1.82, 2.24) is 10.2 Å². The topological polar surface area (TPSA) is 58.6 Å². The van der Waals surface area contributed by atoms with Gasteiger partial charge < -0.3 is 15.0 Å². The van der Waals surface area contributed by atoms with Gasteiger partial charge in [0.2, 0.25) is 5.91 Å². The lowest BCUT2D eigenvalue weighted by molar-refractivity contribution is -0.128. The molecule has 1 heterocycles. The molecule has 0 atom stereocenters. The van der Waals surface area contributed by atoms with Gasteiger partial charge in [-0.15, -0.1) is 0 Å². The fraction of sp³-hybridized carbons (Fsp3) is 0.833. The number of hydrogen-bond donors (Lipinski definition) is 1. The Kier molecular flexibility index (Phi) is 3.69. The van der Waals surface area contributed by atoms with E-state index < -0.39 is 11.0 Å². The Labute approximate surface area is 102 Å². The first kappa shape index (κ1) is 13.8. The van der Waals surface area contributed by atoms with Crippen molar-refractivity contribution in [3.8, 4) is 0 Å². The SMILES string of the molecule is CC(C)(C)OC(=O)N1CCNC(=O)C(C)(C)C1. The van der Waals surface area contributed by atoms with Gasteiger partial charge in [0, 0.05) is 19.6 Å². The van der Waals surface area contributed by atoms with Gasteiger partial charge in [0.15, 0.2) is 0 Å². The van der Waals surface area contributed by atoms with Crippen LogP contribution in [0.15, 0.2) is 0 Å². The molecule has 98 valence electrons. The molecule has 0 radical (unpaired) electrons. The van der Waals surface area contributed by atoms with Gasteiger partial charge in [-0.05, 0) is 34.6 Å². The summed E-state index contributed by atoms with van der Waals surface area (Å²) in [6.45, 7) is 10.5. The molecule has 0 bridgehead atoms. The second kappa shape index (κ2) is 4.55. The second-order valence-corrected chi connectivity index (χ2v) is 6.04. The molecule has 1 N–H and O–H groups in total. The van der Waals surface area contributed by atoms with E-state index in [0.717, 1.165) is 0 Å². The number of nitrogens with zero attached hydrogens (tertiary/aromatic N) is 1. The highest BCUT2D eigenvalue weighted by atomic mass is 16.6. The highest BCUT2D eigenvalue weighted by Crippen LogP contribution is 2.21. The molecule has 5 heteroatoms. The van der Waals surface area contributed by atoms with Gasteiger partial charge in [-0.25, -0.2) is 4.79 Å². The van der Waals surface area contributed by atoms with Crippen LogP contribution in [0.1, 0.15) is 34.6 Å². The zero-order valence-corrected chi connectivity index (χ0v) is 11.3.